The summed E-state index contributed by atoms with van der Waals surface area (Å²) < 4.78 is 5.00. The van der Waals surface area contributed by atoms with E-state index in [1.54, 1.807) is 30.5 Å². The van der Waals surface area contributed by atoms with Gasteiger partial charge in [0.1, 0.15) is 0 Å². The first-order valence-corrected chi connectivity index (χ1v) is 8.92. The van der Waals surface area contributed by atoms with Gasteiger partial charge in [0.05, 0.1) is 29.4 Å². The summed E-state index contributed by atoms with van der Waals surface area (Å²) in [5.41, 5.74) is 1.64. The number of carbonyl (C=O) groups is 2. The second-order valence-electron chi connectivity index (χ2n) is 6.41. The molecule has 0 radical (unpaired) electrons. The fourth-order valence-corrected chi connectivity index (χ4v) is 2.93. The van der Waals surface area contributed by atoms with E-state index in [0.29, 0.717) is 22.0 Å². The zero-order valence-corrected chi connectivity index (χ0v) is 16.0. The van der Waals surface area contributed by atoms with Crippen LogP contribution in [-0.2, 0) is 9.59 Å². The number of rotatable bonds is 8. The standard InChI is InChI=1S/C22H18N2O6/c1-30-21-11-14(6-10-20(21)27)5-8-16(25)12-17(26)9-7-15-13-23-18-3-2-4-19(22(15)18)24(28)29/h2-11,13,23,27H,12H2,1H3. The van der Waals surface area contributed by atoms with E-state index >= 15 is 0 Å². The fourth-order valence-electron chi connectivity index (χ4n) is 2.93. The Bertz CT molecular complexity index is 1190. The number of aromatic amines is 1. The second-order valence-corrected chi connectivity index (χ2v) is 6.41. The Labute approximate surface area is 171 Å². The number of carbonyl (C=O) groups excluding carboxylic acids is 2. The normalized spacial score (nSPS) is 11.4. The number of nitro benzene ring substituents is 1. The van der Waals surface area contributed by atoms with Crippen molar-refractivity contribution in [2.45, 2.75) is 6.42 Å². The average Bonchev–Trinajstić information content (AvgIpc) is 3.14. The molecule has 8 heteroatoms. The number of ketones is 2. The van der Waals surface area contributed by atoms with Gasteiger partial charge in [-0.25, -0.2) is 0 Å². The summed E-state index contributed by atoms with van der Waals surface area (Å²) in [5.74, 6) is -0.572. The van der Waals surface area contributed by atoms with Gasteiger partial charge in [-0.15, -0.1) is 0 Å². The molecule has 2 aromatic carbocycles. The first-order valence-electron chi connectivity index (χ1n) is 8.92. The number of aromatic nitrogens is 1. The molecule has 30 heavy (non-hydrogen) atoms. The van der Waals surface area contributed by atoms with E-state index in [0.717, 1.165) is 0 Å². The molecule has 0 saturated carbocycles. The molecule has 0 atom stereocenters. The largest absolute Gasteiger partial charge is 0.504 e. The van der Waals surface area contributed by atoms with Crippen molar-refractivity contribution in [1.82, 2.24) is 4.98 Å². The van der Waals surface area contributed by atoms with E-state index in [2.05, 4.69) is 4.98 Å². The highest BCUT2D eigenvalue weighted by molar-refractivity contribution is 6.11. The van der Waals surface area contributed by atoms with Gasteiger partial charge in [-0.3, -0.25) is 19.7 Å². The molecular formula is C22H18N2O6. The molecule has 0 spiro atoms. The number of phenolic OH excluding ortho intramolecular Hbond substituents is 1. The van der Waals surface area contributed by atoms with Gasteiger partial charge in [0.2, 0.25) is 0 Å². The molecule has 0 unspecified atom stereocenters. The number of H-pyrrole nitrogens is 1. The van der Waals surface area contributed by atoms with E-state index < -0.39 is 16.5 Å². The van der Waals surface area contributed by atoms with Crippen LogP contribution in [-0.4, -0.2) is 33.7 Å². The number of hydrogen-bond acceptors (Lipinski definition) is 6. The van der Waals surface area contributed by atoms with E-state index in [-0.39, 0.29) is 23.6 Å². The number of hydrogen-bond donors (Lipinski definition) is 2. The van der Waals surface area contributed by atoms with Crippen LogP contribution in [0.4, 0.5) is 5.69 Å². The number of methoxy groups -OCH3 is 1. The summed E-state index contributed by atoms with van der Waals surface area (Å²) in [6.07, 6.45) is 6.71. The Balaban J connectivity index is 1.68. The van der Waals surface area contributed by atoms with Crippen molar-refractivity contribution in [3.8, 4) is 11.5 Å². The van der Waals surface area contributed by atoms with Crippen LogP contribution in [0.1, 0.15) is 17.5 Å². The topological polar surface area (TPSA) is 123 Å². The number of nitrogens with one attached hydrogen (secondary N) is 1. The summed E-state index contributed by atoms with van der Waals surface area (Å²) in [6, 6.07) is 9.27. The number of phenols is 1. The van der Waals surface area contributed by atoms with Gasteiger partial charge in [-0.2, -0.15) is 0 Å². The number of allylic oxidation sites excluding steroid dienone is 2. The van der Waals surface area contributed by atoms with E-state index in [9.17, 15) is 24.8 Å². The van der Waals surface area contributed by atoms with E-state index in [1.807, 2.05) is 0 Å². The zero-order valence-electron chi connectivity index (χ0n) is 16.0. The summed E-state index contributed by atoms with van der Waals surface area (Å²) in [4.78, 5) is 37.8. The molecule has 0 bridgehead atoms. The van der Waals surface area contributed by atoms with Crippen molar-refractivity contribution in [2.75, 3.05) is 7.11 Å². The summed E-state index contributed by atoms with van der Waals surface area (Å²) in [7, 11) is 1.42. The van der Waals surface area contributed by atoms with Gasteiger partial charge >= 0.3 is 0 Å². The van der Waals surface area contributed by atoms with Crippen LogP contribution in [0.15, 0.2) is 54.7 Å². The van der Waals surface area contributed by atoms with Crippen molar-refractivity contribution in [1.29, 1.82) is 0 Å². The molecule has 0 amide bonds. The number of nitrogens with zero attached hydrogens (tertiary/aromatic N) is 1. The molecule has 0 fully saturated rings. The molecule has 0 saturated heterocycles. The monoisotopic (exact) mass is 406 g/mol. The van der Waals surface area contributed by atoms with Crippen LogP contribution in [0.25, 0.3) is 23.1 Å². The number of fused-ring (bicyclic) bond motifs is 1. The highest BCUT2D eigenvalue weighted by Gasteiger charge is 2.15. The Kier molecular flexibility index (Phi) is 6.07. The lowest BCUT2D eigenvalue weighted by atomic mass is 10.1. The van der Waals surface area contributed by atoms with E-state index in [4.69, 9.17) is 4.74 Å². The third kappa shape index (κ3) is 4.61. The zero-order chi connectivity index (χ0) is 21.7. The van der Waals surface area contributed by atoms with Gasteiger partial charge in [0, 0.05) is 17.8 Å². The Morgan fingerprint density at radius 3 is 2.60 bits per heavy atom. The van der Waals surface area contributed by atoms with Crippen molar-refractivity contribution in [3.63, 3.8) is 0 Å². The highest BCUT2D eigenvalue weighted by Crippen LogP contribution is 2.29. The predicted molar refractivity (Wildman–Crippen MR) is 112 cm³/mol. The molecule has 0 aliphatic carbocycles. The molecule has 3 aromatic rings. The molecule has 0 aliphatic rings. The minimum absolute atomic E-state index is 0.0150. The third-order valence-electron chi connectivity index (χ3n) is 4.37. The highest BCUT2D eigenvalue weighted by atomic mass is 16.6. The van der Waals surface area contributed by atoms with Crippen molar-refractivity contribution < 1.29 is 24.4 Å². The van der Waals surface area contributed by atoms with Crippen LogP contribution < -0.4 is 4.74 Å². The second kappa shape index (κ2) is 8.87. The van der Waals surface area contributed by atoms with Gasteiger partial charge in [-0.1, -0.05) is 18.2 Å². The molecule has 2 N–H and O–H groups in total. The van der Waals surface area contributed by atoms with Crippen molar-refractivity contribution in [2.24, 2.45) is 0 Å². The van der Waals surface area contributed by atoms with E-state index in [1.165, 1.54) is 43.5 Å². The lowest BCUT2D eigenvalue weighted by molar-refractivity contribution is -0.383. The van der Waals surface area contributed by atoms with Crippen molar-refractivity contribution in [3.05, 3.63) is 76.0 Å². The Hall–Kier alpha value is -4.20. The molecular weight excluding hydrogens is 388 g/mol. The number of non-ortho nitro benzene ring substituents is 1. The minimum atomic E-state index is -0.484. The van der Waals surface area contributed by atoms with Crippen LogP contribution in [0, 0.1) is 10.1 Å². The number of ether oxygens (including phenoxy) is 1. The fraction of sp³-hybridized carbons (Fsp3) is 0.0909. The first kappa shape index (κ1) is 20.5. The Morgan fingerprint density at radius 2 is 1.90 bits per heavy atom. The number of benzene rings is 2. The summed E-state index contributed by atoms with van der Waals surface area (Å²) in [6.45, 7) is 0. The van der Waals surface area contributed by atoms with Gasteiger partial charge in [0.25, 0.3) is 5.69 Å². The van der Waals surface area contributed by atoms with Crippen LogP contribution in [0.2, 0.25) is 0 Å². The molecule has 0 aliphatic heterocycles. The molecule has 3 rings (SSSR count). The summed E-state index contributed by atoms with van der Waals surface area (Å²) >= 11 is 0. The smallest absolute Gasteiger partial charge is 0.279 e. The maximum absolute atomic E-state index is 12.1. The molecule has 1 heterocycles. The number of aromatic hydroxyl groups is 1. The molecule has 8 nitrogen and oxygen atoms in total. The maximum Gasteiger partial charge on any atom is 0.279 e. The van der Waals surface area contributed by atoms with Crippen LogP contribution in [0.5, 0.6) is 11.5 Å². The number of nitro groups is 1. The molecule has 152 valence electrons. The lowest BCUT2D eigenvalue weighted by Crippen LogP contribution is -2.01. The quantitative estimate of drug-likeness (QED) is 0.252. The minimum Gasteiger partial charge on any atom is -0.504 e. The maximum atomic E-state index is 12.1. The van der Waals surface area contributed by atoms with Gasteiger partial charge < -0.3 is 14.8 Å². The average molecular weight is 406 g/mol. The van der Waals surface area contributed by atoms with Crippen LogP contribution in [0.3, 0.4) is 0 Å². The molecule has 1 aromatic heterocycles. The predicted octanol–water partition coefficient (Wildman–Crippen LogP) is 4.05. The lowest BCUT2D eigenvalue weighted by Gasteiger charge is -2.03. The van der Waals surface area contributed by atoms with Gasteiger partial charge in [-0.05, 0) is 42.0 Å². The Morgan fingerprint density at radius 1 is 1.17 bits per heavy atom. The van der Waals surface area contributed by atoms with Crippen molar-refractivity contribution >= 4 is 40.3 Å². The van der Waals surface area contributed by atoms with Crippen LogP contribution >= 0.6 is 0 Å². The first-order chi connectivity index (χ1) is 14.4. The summed E-state index contributed by atoms with van der Waals surface area (Å²) in [5, 5.41) is 21.2. The SMILES string of the molecule is COc1cc(C=CC(=O)CC(=O)C=Cc2c[nH]c3cccc([N+](=O)[O-])c23)ccc1O. The third-order valence-corrected chi connectivity index (χ3v) is 4.37. The van der Waals surface area contributed by atoms with Gasteiger partial charge in [0.15, 0.2) is 23.1 Å².